The van der Waals surface area contributed by atoms with Gasteiger partial charge in [-0.15, -0.1) is 0 Å². The zero-order chi connectivity index (χ0) is 21.5. The van der Waals surface area contributed by atoms with Gasteiger partial charge in [-0.25, -0.2) is 0 Å². The van der Waals surface area contributed by atoms with Crippen molar-refractivity contribution in [2.24, 2.45) is 11.8 Å². The highest BCUT2D eigenvalue weighted by molar-refractivity contribution is 5.31. The molecule has 3 rings (SSSR count). The fourth-order valence-corrected chi connectivity index (χ4v) is 4.96. The van der Waals surface area contributed by atoms with Crippen LogP contribution in [0.1, 0.15) is 91.9 Å². The topological polar surface area (TPSA) is 36.9 Å². The number of hydrogen-bond acceptors (Lipinski definition) is 4. The van der Waals surface area contributed by atoms with Crippen LogP contribution >= 0.6 is 0 Å². The van der Waals surface area contributed by atoms with Crippen LogP contribution in [0.25, 0.3) is 0 Å². The van der Waals surface area contributed by atoms with Gasteiger partial charge in [0.25, 0.3) is 0 Å². The van der Waals surface area contributed by atoms with Crippen molar-refractivity contribution in [2.75, 3.05) is 13.6 Å². The molecule has 0 amide bonds. The van der Waals surface area contributed by atoms with Crippen LogP contribution in [0.2, 0.25) is 0 Å². The number of hydrogen-bond donors (Lipinski definition) is 0. The largest absolute Gasteiger partial charge is 0.468 e. The summed E-state index contributed by atoms with van der Waals surface area (Å²) in [6, 6.07) is 7.72. The summed E-state index contributed by atoms with van der Waals surface area (Å²) in [6.45, 7) is 9.33. The highest BCUT2D eigenvalue weighted by Crippen LogP contribution is 2.36. The second-order valence-electron chi connectivity index (χ2n) is 10.2. The van der Waals surface area contributed by atoms with Gasteiger partial charge in [-0.05, 0) is 89.5 Å². The first-order valence-electron chi connectivity index (χ1n) is 12.0. The zero-order valence-corrected chi connectivity index (χ0v) is 19.6. The molecular weight excluding hydrogens is 376 g/mol. The molecule has 0 N–H and O–H groups in total. The summed E-state index contributed by atoms with van der Waals surface area (Å²) >= 11 is 0. The van der Waals surface area contributed by atoms with Gasteiger partial charge >= 0.3 is 0 Å². The van der Waals surface area contributed by atoms with E-state index in [1.807, 2.05) is 24.3 Å². The van der Waals surface area contributed by atoms with E-state index < -0.39 is 0 Å². The second-order valence-corrected chi connectivity index (χ2v) is 10.2. The van der Waals surface area contributed by atoms with Crippen molar-refractivity contribution in [3.63, 3.8) is 0 Å². The SMILES string of the molecule is CC(C)(OCOc1ccc(OCOC(C)(C)C2CCCCC2)cc1)C1CCCCC1. The third-order valence-electron chi connectivity index (χ3n) is 7.31. The summed E-state index contributed by atoms with van der Waals surface area (Å²) in [4.78, 5) is 0. The maximum Gasteiger partial charge on any atom is 0.189 e. The smallest absolute Gasteiger partial charge is 0.189 e. The van der Waals surface area contributed by atoms with E-state index in [9.17, 15) is 0 Å². The summed E-state index contributed by atoms with van der Waals surface area (Å²) in [6.07, 6.45) is 13.1. The first-order chi connectivity index (χ1) is 14.4. The van der Waals surface area contributed by atoms with E-state index in [4.69, 9.17) is 18.9 Å². The molecule has 1 aromatic rings. The Kier molecular flexibility index (Phi) is 8.47. The van der Waals surface area contributed by atoms with Crippen molar-refractivity contribution >= 4 is 0 Å². The maximum atomic E-state index is 6.09. The van der Waals surface area contributed by atoms with Crippen molar-refractivity contribution < 1.29 is 18.9 Å². The molecular formula is C26H42O4. The molecule has 2 aliphatic rings. The van der Waals surface area contributed by atoms with Gasteiger partial charge in [0.1, 0.15) is 11.5 Å². The lowest BCUT2D eigenvalue weighted by Crippen LogP contribution is -2.37. The van der Waals surface area contributed by atoms with Crippen LogP contribution in [0.3, 0.4) is 0 Å². The molecule has 0 aromatic heterocycles. The summed E-state index contributed by atoms with van der Waals surface area (Å²) in [7, 11) is 0. The van der Waals surface area contributed by atoms with E-state index in [1.165, 1.54) is 64.2 Å². The molecule has 0 unspecified atom stereocenters. The van der Waals surface area contributed by atoms with Gasteiger partial charge in [-0.3, -0.25) is 0 Å². The maximum absolute atomic E-state index is 6.09. The Morgan fingerprint density at radius 3 is 1.27 bits per heavy atom. The molecule has 30 heavy (non-hydrogen) atoms. The van der Waals surface area contributed by atoms with Crippen molar-refractivity contribution in [1.82, 2.24) is 0 Å². The van der Waals surface area contributed by atoms with E-state index >= 15 is 0 Å². The lowest BCUT2D eigenvalue weighted by molar-refractivity contribution is -0.123. The van der Waals surface area contributed by atoms with Gasteiger partial charge in [0, 0.05) is 0 Å². The molecule has 2 fully saturated rings. The van der Waals surface area contributed by atoms with Gasteiger partial charge < -0.3 is 18.9 Å². The molecule has 0 saturated heterocycles. The Morgan fingerprint density at radius 2 is 0.933 bits per heavy atom. The normalized spacial score (nSPS) is 19.6. The Bertz CT molecular complexity index is 555. The highest BCUT2D eigenvalue weighted by Gasteiger charge is 2.32. The van der Waals surface area contributed by atoms with Gasteiger partial charge in [-0.1, -0.05) is 38.5 Å². The quantitative estimate of drug-likeness (QED) is 0.379. The molecule has 0 radical (unpaired) electrons. The molecule has 0 atom stereocenters. The molecule has 2 aliphatic carbocycles. The fourth-order valence-electron chi connectivity index (χ4n) is 4.96. The van der Waals surface area contributed by atoms with Crippen LogP contribution in [0.5, 0.6) is 11.5 Å². The molecule has 0 aliphatic heterocycles. The third kappa shape index (κ3) is 6.88. The summed E-state index contributed by atoms with van der Waals surface area (Å²) in [5.74, 6) is 2.85. The van der Waals surface area contributed by atoms with E-state index in [1.54, 1.807) is 0 Å². The number of benzene rings is 1. The van der Waals surface area contributed by atoms with Gasteiger partial charge in [0.05, 0.1) is 11.2 Å². The third-order valence-corrected chi connectivity index (χ3v) is 7.31. The Balaban J connectivity index is 1.37. The highest BCUT2D eigenvalue weighted by atomic mass is 16.7. The molecule has 0 bridgehead atoms. The van der Waals surface area contributed by atoms with E-state index in [-0.39, 0.29) is 24.8 Å². The molecule has 4 heteroatoms. The predicted molar refractivity (Wildman–Crippen MR) is 121 cm³/mol. The van der Waals surface area contributed by atoms with Crippen LogP contribution in [0.4, 0.5) is 0 Å². The summed E-state index contributed by atoms with van der Waals surface area (Å²) in [5, 5.41) is 0. The van der Waals surface area contributed by atoms with Crippen LogP contribution in [-0.4, -0.2) is 24.8 Å². The van der Waals surface area contributed by atoms with Gasteiger partial charge in [0.2, 0.25) is 0 Å². The van der Waals surface area contributed by atoms with Crippen LogP contribution in [0.15, 0.2) is 24.3 Å². The van der Waals surface area contributed by atoms with Crippen molar-refractivity contribution in [3.8, 4) is 11.5 Å². The van der Waals surface area contributed by atoms with Gasteiger partial charge in [-0.2, -0.15) is 0 Å². The Labute approximate surface area is 183 Å². The predicted octanol–water partition coefficient (Wildman–Crippen LogP) is 7.11. The van der Waals surface area contributed by atoms with Crippen LogP contribution < -0.4 is 9.47 Å². The van der Waals surface area contributed by atoms with Crippen molar-refractivity contribution in [2.45, 2.75) is 103 Å². The second kappa shape index (κ2) is 10.9. The average molecular weight is 419 g/mol. The summed E-state index contributed by atoms with van der Waals surface area (Å²) in [5.41, 5.74) is -0.266. The minimum atomic E-state index is -0.133. The lowest BCUT2D eigenvalue weighted by atomic mass is 9.79. The number of ether oxygens (including phenoxy) is 4. The Morgan fingerprint density at radius 1 is 0.600 bits per heavy atom. The van der Waals surface area contributed by atoms with E-state index in [0.29, 0.717) is 11.8 Å². The minimum Gasteiger partial charge on any atom is -0.468 e. The van der Waals surface area contributed by atoms with Crippen molar-refractivity contribution in [3.05, 3.63) is 24.3 Å². The van der Waals surface area contributed by atoms with Crippen molar-refractivity contribution in [1.29, 1.82) is 0 Å². The van der Waals surface area contributed by atoms with Crippen LogP contribution in [0, 0.1) is 11.8 Å². The standard InChI is InChI=1S/C26H42O4/c1-25(2,21-11-7-5-8-12-21)29-19-27-23-15-17-24(18-16-23)28-20-30-26(3,4)22-13-9-6-10-14-22/h15-18,21-22H,5-14,19-20H2,1-4H3. The molecule has 170 valence electrons. The molecule has 1 aromatic carbocycles. The first kappa shape index (κ1) is 23.4. The lowest BCUT2D eigenvalue weighted by Gasteiger charge is -2.36. The summed E-state index contributed by atoms with van der Waals surface area (Å²) < 4.78 is 23.8. The fraction of sp³-hybridized carbons (Fsp3) is 0.769. The molecule has 0 heterocycles. The van der Waals surface area contributed by atoms with Crippen LogP contribution in [-0.2, 0) is 9.47 Å². The van der Waals surface area contributed by atoms with Gasteiger partial charge in [0.15, 0.2) is 13.6 Å². The molecule has 0 spiro atoms. The number of rotatable bonds is 10. The minimum absolute atomic E-state index is 0.133. The molecule has 4 nitrogen and oxygen atoms in total. The molecule has 2 saturated carbocycles. The average Bonchev–Trinajstić information content (AvgIpc) is 2.76. The first-order valence-corrected chi connectivity index (χ1v) is 12.0. The van der Waals surface area contributed by atoms with E-state index in [2.05, 4.69) is 27.7 Å². The van der Waals surface area contributed by atoms with E-state index in [0.717, 1.165) is 11.5 Å². The monoisotopic (exact) mass is 418 g/mol. The zero-order valence-electron chi connectivity index (χ0n) is 19.6. The Hall–Kier alpha value is -1.26.